The molecule has 0 spiro atoms. The molecule has 3 N–H and O–H groups in total. The average Bonchev–Trinajstić information content (AvgIpc) is 2.87. The number of methoxy groups -OCH3 is 1. The Morgan fingerprint density at radius 3 is 2.50 bits per heavy atom. The third-order valence-corrected chi connectivity index (χ3v) is 3.79. The van der Waals surface area contributed by atoms with Crippen molar-refractivity contribution < 1.29 is 23.1 Å². The van der Waals surface area contributed by atoms with Gasteiger partial charge in [0, 0.05) is 6.07 Å². The van der Waals surface area contributed by atoms with Crippen molar-refractivity contribution in [1.29, 1.82) is 0 Å². The minimum atomic E-state index is -3.83. The van der Waals surface area contributed by atoms with Gasteiger partial charge in [-0.1, -0.05) is 0 Å². The number of nitrogens with zero attached hydrogens (tertiary/aromatic N) is 1. The van der Waals surface area contributed by atoms with Crippen LogP contribution in [0.2, 0.25) is 0 Å². The van der Waals surface area contributed by atoms with Crippen LogP contribution in [0.4, 0.5) is 5.82 Å². The zero-order valence-electron chi connectivity index (χ0n) is 10.3. The lowest BCUT2D eigenvalue weighted by atomic mass is 10.3. The maximum atomic E-state index is 12.0. The number of aromatic carboxylic acids is 1. The van der Waals surface area contributed by atoms with Crippen molar-refractivity contribution in [1.82, 2.24) is 10.2 Å². The lowest BCUT2D eigenvalue weighted by Gasteiger charge is -2.06. The lowest BCUT2D eigenvalue weighted by molar-refractivity contribution is 0.0690. The minimum Gasteiger partial charge on any atom is -0.497 e. The number of hydrogen-bond donors (Lipinski definition) is 3. The van der Waals surface area contributed by atoms with E-state index in [0.717, 1.165) is 6.07 Å². The van der Waals surface area contributed by atoms with Gasteiger partial charge in [0.2, 0.25) is 0 Å². The molecular weight excluding hydrogens is 286 g/mol. The van der Waals surface area contributed by atoms with E-state index in [0.29, 0.717) is 5.75 Å². The summed E-state index contributed by atoms with van der Waals surface area (Å²) in [6, 6.07) is 6.82. The van der Waals surface area contributed by atoms with Crippen molar-refractivity contribution in [2.45, 2.75) is 4.90 Å². The van der Waals surface area contributed by atoms with Crippen LogP contribution in [0.5, 0.6) is 5.75 Å². The number of nitrogens with one attached hydrogen (secondary N) is 2. The van der Waals surface area contributed by atoms with E-state index in [-0.39, 0.29) is 16.4 Å². The largest absolute Gasteiger partial charge is 0.497 e. The summed E-state index contributed by atoms with van der Waals surface area (Å²) in [7, 11) is -2.36. The molecule has 0 saturated heterocycles. The standard InChI is InChI=1S/C11H11N3O5S/c1-19-7-2-4-8(5-3-7)20(17,18)14-10-6-9(11(15)16)12-13-10/h2-6H,1H3,(H,15,16)(H2,12,13,14). The fourth-order valence-electron chi connectivity index (χ4n) is 1.44. The van der Waals surface area contributed by atoms with Crippen molar-refractivity contribution in [3.8, 4) is 5.75 Å². The molecule has 0 aliphatic carbocycles. The predicted octanol–water partition coefficient (Wildman–Crippen LogP) is 0.917. The number of carboxylic acid groups (broad SMARTS) is 1. The summed E-state index contributed by atoms with van der Waals surface area (Å²) in [5.41, 5.74) is -0.211. The van der Waals surface area contributed by atoms with E-state index in [1.54, 1.807) is 0 Å². The number of benzene rings is 1. The summed E-state index contributed by atoms with van der Waals surface area (Å²) in [4.78, 5) is 10.7. The Kier molecular flexibility index (Phi) is 3.61. The zero-order chi connectivity index (χ0) is 14.8. The molecule has 0 aliphatic rings. The summed E-state index contributed by atoms with van der Waals surface area (Å²) in [6.45, 7) is 0. The summed E-state index contributed by atoms with van der Waals surface area (Å²) < 4.78 is 31.2. The van der Waals surface area contributed by atoms with Gasteiger partial charge in [-0.2, -0.15) is 5.10 Å². The molecule has 2 rings (SSSR count). The molecule has 1 heterocycles. The van der Waals surface area contributed by atoms with Crippen LogP contribution in [0.25, 0.3) is 0 Å². The number of ether oxygens (including phenoxy) is 1. The number of carboxylic acids is 1. The van der Waals surface area contributed by atoms with Crippen LogP contribution in [0.15, 0.2) is 35.2 Å². The zero-order valence-corrected chi connectivity index (χ0v) is 11.1. The van der Waals surface area contributed by atoms with Crippen LogP contribution in [0.3, 0.4) is 0 Å². The average molecular weight is 297 g/mol. The monoisotopic (exact) mass is 297 g/mol. The summed E-state index contributed by atoms with van der Waals surface area (Å²) >= 11 is 0. The highest BCUT2D eigenvalue weighted by atomic mass is 32.2. The Morgan fingerprint density at radius 1 is 1.35 bits per heavy atom. The van der Waals surface area contributed by atoms with E-state index in [1.165, 1.54) is 31.4 Å². The van der Waals surface area contributed by atoms with Crippen LogP contribution in [0.1, 0.15) is 10.5 Å². The van der Waals surface area contributed by atoms with Crippen molar-refractivity contribution in [3.05, 3.63) is 36.0 Å². The molecule has 8 nitrogen and oxygen atoms in total. The maximum Gasteiger partial charge on any atom is 0.353 e. The smallest absolute Gasteiger partial charge is 0.353 e. The van der Waals surface area contributed by atoms with Crippen LogP contribution in [0, 0.1) is 0 Å². The summed E-state index contributed by atoms with van der Waals surface area (Å²) in [5, 5.41) is 14.5. The van der Waals surface area contributed by atoms with Gasteiger partial charge >= 0.3 is 5.97 Å². The molecule has 0 amide bonds. The molecule has 0 radical (unpaired) electrons. The molecule has 0 fully saturated rings. The van der Waals surface area contributed by atoms with Gasteiger partial charge in [-0.15, -0.1) is 0 Å². The SMILES string of the molecule is COc1ccc(S(=O)(=O)Nc2cc(C(=O)O)[nH]n2)cc1. The molecule has 0 aliphatic heterocycles. The quantitative estimate of drug-likeness (QED) is 0.754. The normalized spacial score (nSPS) is 11.1. The molecule has 0 bridgehead atoms. The van der Waals surface area contributed by atoms with E-state index < -0.39 is 16.0 Å². The lowest BCUT2D eigenvalue weighted by Crippen LogP contribution is -2.13. The Balaban J connectivity index is 2.23. The Bertz CT molecular complexity index is 721. The molecule has 0 atom stereocenters. The minimum absolute atomic E-state index is 0.0122. The third-order valence-electron chi connectivity index (χ3n) is 2.42. The first-order valence-electron chi connectivity index (χ1n) is 5.38. The Labute approximate surface area is 114 Å². The fourth-order valence-corrected chi connectivity index (χ4v) is 2.43. The van der Waals surface area contributed by atoms with Crippen molar-refractivity contribution in [2.75, 3.05) is 11.8 Å². The highest BCUT2D eigenvalue weighted by Gasteiger charge is 2.17. The number of hydrogen-bond acceptors (Lipinski definition) is 5. The number of sulfonamides is 1. The van der Waals surface area contributed by atoms with E-state index in [2.05, 4.69) is 14.9 Å². The number of carbonyl (C=O) groups is 1. The van der Waals surface area contributed by atoms with E-state index in [9.17, 15) is 13.2 Å². The third kappa shape index (κ3) is 2.88. The molecule has 1 aromatic heterocycles. The fraction of sp³-hybridized carbons (Fsp3) is 0.0909. The van der Waals surface area contributed by atoms with Crippen molar-refractivity contribution in [2.24, 2.45) is 0 Å². The van der Waals surface area contributed by atoms with Crippen molar-refractivity contribution >= 4 is 21.8 Å². The molecule has 20 heavy (non-hydrogen) atoms. The van der Waals surface area contributed by atoms with E-state index >= 15 is 0 Å². The van der Waals surface area contributed by atoms with Gasteiger partial charge in [-0.05, 0) is 24.3 Å². The number of rotatable bonds is 5. The van der Waals surface area contributed by atoms with Gasteiger partial charge in [0.25, 0.3) is 10.0 Å². The highest BCUT2D eigenvalue weighted by molar-refractivity contribution is 7.92. The highest BCUT2D eigenvalue weighted by Crippen LogP contribution is 2.18. The second-order valence-corrected chi connectivity index (χ2v) is 5.44. The second kappa shape index (κ2) is 5.21. The molecule has 106 valence electrons. The van der Waals surface area contributed by atoms with Gasteiger partial charge < -0.3 is 9.84 Å². The van der Waals surface area contributed by atoms with E-state index in [1.807, 2.05) is 0 Å². The van der Waals surface area contributed by atoms with Crippen LogP contribution < -0.4 is 9.46 Å². The molecule has 9 heteroatoms. The number of H-pyrrole nitrogens is 1. The number of aromatic nitrogens is 2. The number of anilines is 1. The molecule has 0 saturated carbocycles. The first-order chi connectivity index (χ1) is 9.42. The summed E-state index contributed by atoms with van der Waals surface area (Å²) in [5.74, 6) is -0.803. The first-order valence-corrected chi connectivity index (χ1v) is 6.86. The first kappa shape index (κ1) is 13.9. The van der Waals surface area contributed by atoms with Crippen molar-refractivity contribution in [3.63, 3.8) is 0 Å². The molecule has 0 unspecified atom stereocenters. The number of aromatic amines is 1. The predicted molar refractivity (Wildman–Crippen MR) is 69.3 cm³/mol. The van der Waals surface area contributed by atoms with Gasteiger partial charge in [-0.25, -0.2) is 13.2 Å². The van der Waals surface area contributed by atoms with Crippen LogP contribution >= 0.6 is 0 Å². The Hall–Kier alpha value is -2.55. The second-order valence-electron chi connectivity index (χ2n) is 3.75. The Morgan fingerprint density at radius 2 is 2.00 bits per heavy atom. The summed E-state index contributed by atoms with van der Waals surface area (Å²) in [6.07, 6.45) is 0. The van der Waals surface area contributed by atoms with Gasteiger partial charge in [-0.3, -0.25) is 9.82 Å². The van der Waals surface area contributed by atoms with Crippen LogP contribution in [-0.4, -0.2) is 36.8 Å². The topological polar surface area (TPSA) is 121 Å². The molecular formula is C11H11N3O5S. The molecule has 1 aromatic carbocycles. The van der Waals surface area contributed by atoms with E-state index in [4.69, 9.17) is 9.84 Å². The molecule has 2 aromatic rings. The van der Waals surface area contributed by atoms with Gasteiger partial charge in [0.05, 0.1) is 12.0 Å². The van der Waals surface area contributed by atoms with Gasteiger partial charge in [0.1, 0.15) is 11.4 Å². The van der Waals surface area contributed by atoms with Crippen LogP contribution in [-0.2, 0) is 10.0 Å². The maximum absolute atomic E-state index is 12.0. The van der Waals surface area contributed by atoms with Gasteiger partial charge in [0.15, 0.2) is 5.82 Å².